The Labute approximate surface area is 410 Å². The molecule has 8 aromatic heterocycles. The molecule has 0 N–H and O–H groups in total. The van der Waals surface area contributed by atoms with Crippen molar-refractivity contribution in [3.05, 3.63) is 91.6 Å². The van der Waals surface area contributed by atoms with Gasteiger partial charge in [0.2, 0.25) is 0 Å². The van der Waals surface area contributed by atoms with Crippen molar-refractivity contribution < 1.29 is 38.1 Å². The fourth-order valence-electron chi connectivity index (χ4n) is 8.22. The molecular weight excluding hydrogens is 937 g/mol. The van der Waals surface area contributed by atoms with Gasteiger partial charge in [-0.1, -0.05) is 0 Å². The van der Waals surface area contributed by atoms with Crippen LogP contribution in [0.5, 0.6) is 0 Å². The Hall–Kier alpha value is -6.20. The van der Waals surface area contributed by atoms with E-state index < -0.39 is 46.8 Å². The summed E-state index contributed by atoms with van der Waals surface area (Å²) in [6.45, 7) is 21.9. The molecule has 0 fully saturated rings. The van der Waals surface area contributed by atoms with Crippen molar-refractivity contribution in [1.82, 2.24) is 18.3 Å². The lowest BCUT2D eigenvalue weighted by atomic mass is 10.1. The molecule has 352 valence electrons. The molecule has 0 atom stereocenters. The van der Waals surface area contributed by atoms with Crippen LogP contribution in [-0.2, 0) is 18.9 Å². The van der Waals surface area contributed by atoms with E-state index in [1.54, 1.807) is 18.3 Å². The normalized spacial score (nSPS) is 12.6. The molecule has 12 nitrogen and oxygen atoms in total. The Kier molecular flexibility index (Phi) is 11.6. The zero-order valence-electron chi connectivity index (χ0n) is 39.9. The second-order valence-corrected chi connectivity index (χ2v) is 23.4. The molecule has 0 unspecified atom stereocenters. The number of aromatic nitrogens is 4. The monoisotopic (exact) mass is 988 g/mol. The van der Waals surface area contributed by atoms with Crippen LogP contribution in [0.1, 0.15) is 83.1 Å². The van der Waals surface area contributed by atoms with Gasteiger partial charge in [-0.25, -0.2) is 37.4 Å². The summed E-state index contributed by atoms with van der Waals surface area (Å²) in [5, 5.41) is 15.6. The fourth-order valence-corrected chi connectivity index (χ4v) is 11.6. The number of nitrogens with zero attached hydrogens (tertiary/aromatic N) is 4. The first-order chi connectivity index (χ1) is 31.9. The first-order valence-electron chi connectivity index (χ1n) is 22.0. The molecule has 0 saturated carbocycles. The number of hydrogen-bond donors (Lipinski definition) is 0. The second-order valence-electron chi connectivity index (χ2n) is 20.5. The van der Waals surface area contributed by atoms with Gasteiger partial charge in [-0.2, -0.15) is 45.3 Å². The summed E-state index contributed by atoms with van der Waals surface area (Å²) in [7, 11) is 0. The van der Waals surface area contributed by atoms with Gasteiger partial charge in [0.15, 0.2) is 0 Å². The zero-order valence-corrected chi connectivity index (χ0v) is 43.2. The molecule has 0 aromatic carbocycles. The van der Waals surface area contributed by atoms with Crippen LogP contribution >= 0.6 is 45.3 Å². The SMILES string of the molecule is CC(C)(C)OC(=O)n1c2ccc1-c1cscc1-c1ccc(n1C(=O)OC(C)(C)C)-c1cscc1-c1ccc(n1C(=O)OC(C)(C)C)-c1cscc1-c1ccc(n1C(=O)OC(C)(C)C)-c1cscc1-2. The van der Waals surface area contributed by atoms with Gasteiger partial charge in [-0.3, -0.25) is 0 Å². The fraction of sp³-hybridized carbons (Fsp3) is 0.308. The molecule has 8 bridgehead atoms. The third-order valence-electron chi connectivity index (χ3n) is 10.7. The highest BCUT2D eigenvalue weighted by molar-refractivity contribution is 7.09. The first-order valence-corrected chi connectivity index (χ1v) is 25.7. The van der Waals surface area contributed by atoms with Gasteiger partial charge < -0.3 is 18.9 Å². The number of hydrogen-bond acceptors (Lipinski definition) is 12. The van der Waals surface area contributed by atoms with Crippen molar-refractivity contribution in [3.63, 3.8) is 0 Å². The van der Waals surface area contributed by atoms with E-state index >= 15 is 0 Å². The predicted octanol–water partition coefficient (Wildman–Crippen LogP) is 15.9. The smallest absolute Gasteiger partial charge is 0.419 e. The average molecular weight is 989 g/mol. The molecule has 9 heterocycles. The lowest BCUT2D eigenvalue weighted by Gasteiger charge is -2.24. The van der Waals surface area contributed by atoms with Gasteiger partial charge in [-0.15, -0.1) is 0 Å². The third kappa shape index (κ3) is 8.74. The molecular formula is C52H52N4O8S4. The summed E-state index contributed by atoms with van der Waals surface area (Å²) in [5.74, 6) is 0. The Morgan fingerprint density at radius 3 is 0.544 bits per heavy atom. The van der Waals surface area contributed by atoms with Crippen molar-refractivity contribution in [1.29, 1.82) is 0 Å². The minimum Gasteiger partial charge on any atom is -0.443 e. The number of carbonyl (C=O) groups excluding carboxylic acids is 4. The molecule has 0 radical (unpaired) electrons. The summed E-state index contributed by atoms with van der Waals surface area (Å²) < 4.78 is 30.8. The van der Waals surface area contributed by atoms with Crippen LogP contribution in [0.25, 0.3) is 90.1 Å². The molecule has 1 aliphatic heterocycles. The molecule has 0 amide bonds. The lowest BCUT2D eigenvalue weighted by molar-refractivity contribution is 0.0530. The van der Waals surface area contributed by atoms with Gasteiger partial charge >= 0.3 is 24.4 Å². The summed E-state index contributed by atoms with van der Waals surface area (Å²) in [6.07, 6.45) is -2.42. The van der Waals surface area contributed by atoms with Crippen molar-refractivity contribution in [2.45, 2.75) is 105 Å². The minimum absolute atomic E-state index is 0.528. The highest BCUT2D eigenvalue weighted by Crippen LogP contribution is 2.48. The van der Waals surface area contributed by atoms with Gasteiger partial charge in [0.1, 0.15) is 22.4 Å². The summed E-state index contributed by atoms with van der Waals surface area (Å²) in [4.78, 5) is 58.8. The van der Waals surface area contributed by atoms with Crippen LogP contribution in [0.4, 0.5) is 19.2 Å². The second kappa shape index (κ2) is 16.8. The quantitative estimate of drug-likeness (QED) is 0.138. The van der Waals surface area contributed by atoms with Gasteiger partial charge in [0.25, 0.3) is 0 Å². The summed E-state index contributed by atoms with van der Waals surface area (Å²) in [6, 6.07) is 15.0. The first kappa shape index (κ1) is 46.9. The lowest BCUT2D eigenvalue weighted by Crippen LogP contribution is -2.28. The number of thiophene rings is 4. The number of rotatable bonds is 0. The maximum atomic E-state index is 14.7. The van der Waals surface area contributed by atoms with E-state index in [9.17, 15) is 19.2 Å². The Bertz CT molecular complexity index is 2690. The standard InChI is InChI=1S/C52H52N4O8S4/c1-49(2,3)61-45(57)53-37-13-14-38(53)30-22-66-24-32(30)40-16-18-42(55(40)47(59)63-51(7,8)9)34-26-68-28-36(34)44-20-19-43(56(44)48(60)64-52(10,11)12)35-27-67-25-33(35)41-17-15-39(31-23-65-21-29(31)37)54(41)46(58)62-50(4,5)6/h13-28H,1-12H3. The number of ether oxygens (including phenoxy) is 4. The van der Waals surface area contributed by atoms with Crippen molar-refractivity contribution in [2.24, 2.45) is 0 Å². The van der Waals surface area contributed by atoms with E-state index in [0.717, 1.165) is 0 Å². The Morgan fingerprint density at radius 2 is 0.426 bits per heavy atom. The van der Waals surface area contributed by atoms with Crippen LogP contribution < -0.4 is 0 Å². The van der Waals surface area contributed by atoms with Crippen molar-refractivity contribution >= 4 is 69.7 Å². The van der Waals surface area contributed by atoms with Gasteiger partial charge in [0, 0.05) is 87.5 Å². The minimum atomic E-state index is -0.851. The molecule has 9 rings (SSSR count). The maximum absolute atomic E-state index is 14.7. The predicted molar refractivity (Wildman–Crippen MR) is 273 cm³/mol. The van der Waals surface area contributed by atoms with Crippen LogP contribution in [0.2, 0.25) is 0 Å². The zero-order chi connectivity index (χ0) is 48.8. The summed E-state index contributed by atoms with van der Waals surface area (Å²) in [5.41, 5.74) is 6.20. The van der Waals surface area contributed by atoms with E-state index in [4.69, 9.17) is 18.9 Å². The number of fused-ring (bicyclic) bond motifs is 20. The van der Waals surface area contributed by atoms with E-state index in [1.165, 1.54) is 45.3 Å². The molecule has 0 spiro atoms. The van der Waals surface area contributed by atoms with E-state index in [0.29, 0.717) is 90.1 Å². The highest BCUT2D eigenvalue weighted by Gasteiger charge is 2.34. The van der Waals surface area contributed by atoms with E-state index in [-0.39, 0.29) is 0 Å². The molecule has 16 heteroatoms. The largest absolute Gasteiger partial charge is 0.443 e. The molecule has 0 saturated heterocycles. The third-order valence-corrected chi connectivity index (χ3v) is 13.7. The topological polar surface area (TPSA) is 125 Å². The molecule has 8 aromatic rings. The summed E-state index contributed by atoms with van der Waals surface area (Å²) >= 11 is 5.71. The van der Waals surface area contributed by atoms with Crippen molar-refractivity contribution in [3.8, 4) is 90.1 Å². The van der Waals surface area contributed by atoms with E-state index in [2.05, 4.69) is 0 Å². The van der Waals surface area contributed by atoms with Crippen LogP contribution in [-0.4, -0.2) is 65.0 Å². The van der Waals surface area contributed by atoms with Gasteiger partial charge in [-0.05, 0) is 132 Å². The average Bonchev–Trinajstić information content (AvgIpc) is 4.05. The Balaban J connectivity index is 1.40. The van der Waals surface area contributed by atoms with Crippen LogP contribution in [0, 0.1) is 0 Å². The molecule has 1 aliphatic rings. The van der Waals surface area contributed by atoms with Crippen molar-refractivity contribution in [2.75, 3.05) is 0 Å². The molecule has 0 aliphatic carbocycles. The Morgan fingerprint density at radius 1 is 0.294 bits per heavy atom. The van der Waals surface area contributed by atoms with Crippen LogP contribution in [0.3, 0.4) is 0 Å². The van der Waals surface area contributed by atoms with Gasteiger partial charge in [0.05, 0.1) is 45.6 Å². The molecule has 68 heavy (non-hydrogen) atoms. The maximum Gasteiger partial charge on any atom is 0.419 e. The highest BCUT2D eigenvalue weighted by atomic mass is 32.1. The van der Waals surface area contributed by atoms with Crippen LogP contribution in [0.15, 0.2) is 91.6 Å². The number of carbonyl (C=O) groups is 4. The van der Waals surface area contributed by atoms with E-state index in [1.807, 2.05) is 175 Å².